The number of amides is 1. The van der Waals surface area contributed by atoms with Gasteiger partial charge in [0.25, 0.3) is 0 Å². The highest BCUT2D eigenvalue weighted by Gasteiger charge is 2.32. The van der Waals surface area contributed by atoms with E-state index in [0.29, 0.717) is 12.8 Å². The molecular formula is C15H18FNO3. The lowest BCUT2D eigenvalue weighted by Crippen LogP contribution is -2.35. The minimum Gasteiger partial charge on any atom is -0.481 e. The number of aliphatic carboxylic acids is 1. The molecule has 0 saturated heterocycles. The summed E-state index contributed by atoms with van der Waals surface area (Å²) in [6.07, 6.45) is 2.79. The number of hydrogen-bond acceptors (Lipinski definition) is 2. The summed E-state index contributed by atoms with van der Waals surface area (Å²) in [6, 6.07) is 6.31. The Balaban J connectivity index is 1.85. The molecule has 1 fully saturated rings. The van der Waals surface area contributed by atoms with Crippen molar-refractivity contribution in [3.63, 3.8) is 0 Å². The van der Waals surface area contributed by atoms with Gasteiger partial charge >= 0.3 is 5.97 Å². The molecule has 0 radical (unpaired) electrons. The van der Waals surface area contributed by atoms with Crippen LogP contribution < -0.4 is 0 Å². The number of hydrogen-bond donors (Lipinski definition) is 1. The number of nitrogens with zero attached hydrogens (tertiary/aromatic N) is 1. The number of carboxylic acid groups (broad SMARTS) is 1. The maximum Gasteiger partial charge on any atom is 0.305 e. The fourth-order valence-electron chi connectivity index (χ4n) is 2.16. The predicted octanol–water partition coefficient (Wildman–Crippen LogP) is 2.22. The summed E-state index contributed by atoms with van der Waals surface area (Å²) in [5.74, 6) is -1.19. The Hall–Kier alpha value is -1.91. The lowest BCUT2D eigenvalue weighted by atomic mass is 10.1. The molecule has 0 spiro atoms. The van der Waals surface area contributed by atoms with Gasteiger partial charge in [0.2, 0.25) is 5.91 Å². The molecule has 20 heavy (non-hydrogen) atoms. The SMILES string of the molecule is O=C(O)CCN(C(=O)CCc1ccc(F)cc1)C1CC1. The molecule has 1 amide bonds. The summed E-state index contributed by atoms with van der Waals surface area (Å²) in [7, 11) is 0. The number of carboxylic acids is 1. The van der Waals surface area contributed by atoms with Crippen LogP contribution >= 0.6 is 0 Å². The molecule has 1 N–H and O–H groups in total. The Morgan fingerprint density at radius 1 is 1.20 bits per heavy atom. The van der Waals surface area contributed by atoms with Crippen LogP contribution in [0.1, 0.15) is 31.2 Å². The van der Waals surface area contributed by atoms with Crippen molar-refractivity contribution >= 4 is 11.9 Å². The molecule has 5 heteroatoms. The Kier molecular flexibility index (Phi) is 4.71. The van der Waals surface area contributed by atoms with Gasteiger partial charge < -0.3 is 10.0 Å². The molecule has 108 valence electrons. The largest absolute Gasteiger partial charge is 0.481 e. The number of aryl methyl sites for hydroxylation is 1. The number of carbonyl (C=O) groups excluding carboxylic acids is 1. The molecule has 1 saturated carbocycles. The van der Waals surface area contributed by atoms with E-state index in [1.165, 1.54) is 12.1 Å². The number of rotatable bonds is 7. The molecular weight excluding hydrogens is 261 g/mol. The summed E-state index contributed by atoms with van der Waals surface area (Å²) in [6.45, 7) is 0.280. The van der Waals surface area contributed by atoms with Gasteiger partial charge in [-0.15, -0.1) is 0 Å². The molecule has 0 atom stereocenters. The lowest BCUT2D eigenvalue weighted by molar-refractivity contribution is -0.138. The quantitative estimate of drug-likeness (QED) is 0.832. The molecule has 1 aliphatic carbocycles. The van der Waals surface area contributed by atoms with Crippen molar-refractivity contribution in [3.05, 3.63) is 35.6 Å². The van der Waals surface area contributed by atoms with Crippen LogP contribution in [0, 0.1) is 5.82 Å². The van der Waals surface area contributed by atoms with E-state index in [1.54, 1.807) is 17.0 Å². The maximum absolute atomic E-state index is 12.8. The van der Waals surface area contributed by atoms with Gasteiger partial charge in [0.1, 0.15) is 5.82 Å². The molecule has 1 aromatic rings. The van der Waals surface area contributed by atoms with Crippen LogP contribution in [-0.4, -0.2) is 34.5 Å². The van der Waals surface area contributed by atoms with Crippen molar-refractivity contribution in [3.8, 4) is 0 Å². The summed E-state index contributed by atoms with van der Waals surface area (Å²) in [5.41, 5.74) is 0.911. The van der Waals surface area contributed by atoms with Crippen LogP contribution in [0.4, 0.5) is 4.39 Å². The van der Waals surface area contributed by atoms with Crippen molar-refractivity contribution in [2.45, 2.75) is 38.1 Å². The van der Waals surface area contributed by atoms with E-state index in [9.17, 15) is 14.0 Å². The molecule has 1 aliphatic rings. The maximum atomic E-state index is 12.8. The molecule has 0 unspecified atom stereocenters. The van der Waals surface area contributed by atoms with E-state index >= 15 is 0 Å². The zero-order valence-electron chi connectivity index (χ0n) is 11.2. The van der Waals surface area contributed by atoms with Crippen LogP contribution in [0.15, 0.2) is 24.3 Å². The third-order valence-corrected chi connectivity index (χ3v) is 3.42. The summed E-state index contributed by atoms with van der Waals surface area (Å²) in [5, 5.41) is 8.71. The van der Waals surface area contributed by atoms with Gasteiger partial charge in [-0.25, -0.2) is 4.39 Å². The van der Waals surface area contributed by atoms with Gasteiger partial charge in [-0.3, -0.25) is 9.59 Å². The van der Waals surface area contributed by atoms with Gasteiger partial charge in [-0.2, -0.15) is 0 Å². The highest BCUT2D eigenvalue weighted by molar-refractivity contribution is 5.78. The van der Waals surface area contributed by atoms with Gasteiger partial charge in [0, 0.05) is 19.0 Å². The molecule has 0 heterocycles. The third kappa shape index (κ3) is 4.33. The van der Waals surface area contributed by atoms with E-state index < -0.39 is 5.97 Å². The highest BCUT2D eigenvalue weighted by atomic mass is 19.1. The zero-order chi connectivity index (χ0) is 14.5. The molecule has 0 bridgehead atoms. The fourth-order valence-corrected chi connectivity index (χ4v) is 2.16. The smallest absolute Gasteiger partial charge is 0.305 e. The number of carbonyl (C=O) groups is 2. The highest BCUT2D eigenvalue weighted by Crippen LogP contribution is 2.27. The molecule has 1 aromatic carbocycles. The standard InChI is InChI=1S/C15H18FNO3/c16-12-4-1-11(2-5-12)3-8-14(18)17(13-6-7-13)10-9-15(19)20/h1-2,4-5,13H,3,6-10H2,(H,19,20). The van der Waals surface area contributed by atoms with Gasteiger partial charge in [0.05, 0.1) is 6.42 Å². The van der Waals surface area contributed by atoms with Crippen molar-refractivity contribution < 1.29 is 19.1 Å². The van der Waals surface area contributed by atoms with Crippen LogP contribution in [0.3, 0.4) is 0 Å². The third-order valence-electron chi connectivity index (χ3n) is 3.42. The second-order valence-electron chi connectivity index (χ2n) is 5.09. The first-order chi connectivity index (χ1) is 9.56. The van der Waals surface area contributed by atoms with Crippen LogP contribution in [0.2, 0.25) is 0 Å². The number of benzene rings is 1. The minimum absolute atomic E-state index is 0.0151. The van der Waals surface area contributed by atoms with Crippen molar-refractivity contribution in [1.29, 1.82) is 0 Å². The van der Waals surface area contributed by atoms with E-state index in [0.717, 1.165) is 18.4 Å². The van der Waals surface area contributed by atoms with Crippen molar-refractivity contribution in [1.82, 2.24) is 4.90 Å². The van der Waals surface area contributed by atoms with E-state index in [2.05, 4.69) is 0 Å². The monoisotopic (exact) mass is 279 g/mol. The summed E-state index contributed by atoms with van der Waals surface area (Å²) < 4.78 is 12.8. The van der Waals surface area contributed by atoms with E-state index in [-0.39, 0.29) is 30.7 Å². The average molecular weight is 279 g/mol. The lowest BCUT2D eigenvalue weighted by Gasteiger charge is -2.21. The molecule has 0 aliphatic heterocycles. The Labute approximate surface area is 117 Å². The summed E-state index contributed by atoms with van der Waals surface area (Å²) >= 11 is 0. The Morgan fingerprint density at radius 2 is 1.85 bits per heavy atom. The fraction of sp³-hybridized carbons (Fsp3) is 0.467. The van der Waals surface area contributed by atoms with Crippen molar-refractivity contribution in [2.75, 3.05) is 6.54 Å². The first-order valence-corrected chi connectivity index (χ1v) is 6.82. The molecule has 4 nitrogen and oxygen atoms in total. The van der Waals surface area contributed by atoms with Gasteiger partial charge in [-0.05, 0) is 37.0 Å². The normalized spacial score (nSPS) is 14.1. The van der Waals surface area contributed by atoms with E-state index in [4.69, 9.17) is 5.11 Å². The Morgan fingerprint density at radius 3 is 2.40 bits per heavy atom. The van der Waals surface area contributed by atoms with E-state index in [1.807, 2.05) is 0 Å². The second-order valence-corrected chi connectivity index (χ2v) is 5.09. The predicted molar refractivity (Wildman–Crippen MR) is 71.7 cm³/mol. The average Bonchev–Trinajstić information content (AvgIpc) is 3.22. The Bertz CT molecular complexity index is 482. The van der Waals surface area contributed by atoms with Crippen LogP contribution in [0.25, 0.3) is 0 Å². The van der Waals surface area contributed by atoms with Crippen molar-refractivity contribution in [2.24, 2.45) is 0 Å². The first-order valence-electron chi connectivity index (χ1n) is 6.82. The topological polar surface area (TPSA) is 57.6 Å². The molecule has 0 aromatic heterocycles. The summed E-state index contributed by atoms with van der Waals surface area (Å²) in [4.78, 5) is 24.4. The number of halogens is 1. The minimum atomic E-state index is -0.887. The van der Waals surface area contributed by atoms with Gasteiger partial charge in [-0.1, -0.05) is 12.1 Å². The van der Waals surface area contributed by atoms with Crippen LogP contribution in [0.5, 0.6) is 0 Å². The molecule has 2 rings (SSSR count). The van der Waals surface area contributed by atoms with Crippen LogP contribution in [-0.2, 0) is 16.0 Å². The van der Waals surface area contributed by atoms with Gasteiger partial charge in [0.15, 0.2) is 0 Å². The first kappa shape index (κ1) is 14.5. The second kappa shape index (κ2) is 6.50. The zero-order valence-corrected chi connectivity index (χ0v) is 11.2.